The van der Waals surface area contributed by atoms with Gasteiger partial charge in [0.15, 0.2) is 0 Å². The minimum absolute atomic E-state index is 0.0539. The first kappa shape index (κ1) is 19.5. The van der Waals surface area contributed by atoms with E-state index >= 15 is 0 Å². The molecule has 7 nitrogen and oxygen atoms in total. The lowest BCUT2D eigenvalue weighted by Gasteiger charge is -2.36. The Morgan fingerprint density at radius 3 is 2.48 bits per heavy atom. The summed E-state index contributed by atoms with van der Waals surface area (Å²) in [5.41, 5.74) is -0.652. The van der Waals surface area contributed by atoms with Crippen molar-refractivity contribution in [2.24, 2.45) is 5.92 Å². The van der Waals surface area contributed by atoms with Gasteiger partial charge in [-0.1, -0.05) is 13.3 Å². The van der Waals surface area contributed by atoms with Crippen molar-refractivity contribution in [2.45, 2.75) is 89.9 Å². The van der Waals surface area contributed by atoms with Crippen molar-refractivity contribution in [2.75, 3.05) is 0 Å². The first-order chi connectivity index (χ1) is 11.6. The zero-order valence-corrected chi connectivity index (χ0v) is 15.6. The quantitative estimate of drug-likeness (QED) is 0.812. The molecule has 4 atom stereocenters. The Bertz CT molecular complexity index is 528. The lowest BCUT2D eigenvalue weighted by molar-refractivity contribution is -0.151. The van der Waals surface area contributed by atoms with E-state index in [1.807, 2.05) is 0 Å². The van der Waals surface area contributed by atoms with Gasteiger partial charge in [-0.2, -0.15) is 0 Å². The summed E-state index contributed by atoms with van der Waals surface area (Å²) in [7, 11) is 0. The molecule has 142 valence electrons. The van der Waals surface area contributed by atoms with Crippen molar-refractivity contribution < 1.29 is 24.2 Å². The number of aliphatic carboxylic acids is 1. The van der Waals surface area contributed by atoms with Crippen LogP contribution in [0.1, 0.15) is 66.2 Å². The maximum absolute atomic E-state index is 13.0. The monoisotopic (exact) mass is 354 g/mol. The molecule has 0 aliphatic carbocycles. The number of carboxylic acid groups (broad SMARTS) is 1. The van der Waals surface area contributed by atoms with Crippen molar-refractivity contribution in [1.29, 1.82) is 0 Å². The number of hydrogen-bond donors (Lipinski definition) is 2. The highest BCUT2D eigenvalue weighted by molar-refractivity contribution is 5.90. The van der Waals surface area contributed by atoms with Crippen LogP contribution in [0.3, 0.4) is 0 Å². The fraction of sp³-hybridized carbons (Fsp3) is 0.833. The molecule has 25 heavy (non-hydrogen) atoms. The summed E-state index contributed by atoms with van der Waals surface area (Å²) in [6.07, 6.45) is 3.71. The molecule has 0 unspecified atom stereocenters. The molecule has 7 heteroatoms. The van der Waals surface area contributed by atoms with E-state index in [0.29, 0.717) is 25.2 Å². The Morgan fingerprint density at radius 1 is 1.24 bits per heavy atom. The molecule has 2 aliphatic rings. The minimum Gasteiger partial charge on any atom is -0.480 e. The third-order valence-electron chi connectivity index (χ3n) is 5.08. The van der Waals surface area contributed by atoms with Crippen LogP contribution < -0.4 is 5.32 Å². The first-order valence-corrected chi connectivity index (χ1v) is 9.17. The number of nitrogens with one attached hydrogen (secondary N) is 1. The Morgan fingerprint density at radius 2 is 1.92 bits per heavy atom. The SMILES string of the molecule is CC[C@H]1CC[C@H](NC(=O)OC(C)(C)C)C(=O)N2[C@H](CC[C@H]2C(=O)O)C1. The largest absolute Gasteiger partial charge is 0.480 e. The summed E-state index contributed by atoms with van der Waals surface area (Å²) < 4.78 is 5.26. The van der Waals surface area contributed by atoms with Gasteiger partial charge in [-0.05, 0) is 58.8 Å². The number of nitrogens with zero attached hydrogens (tertiary/aromatic N) is 1. The number of carboxylic acids is 1. The maximum Gasteiger partial charge on any atom is 0.408 e. The van der Waals surface area contributed by atoms with Crippen LogP contribution in [0.15, 0.2) is 0 Å². The molecule has 0 radical (unpaired) electrons. The van der Waals surface area contributed by atoms with Crippen LogP contribution in [-0.2, 0) is 14.3 Å². The summed E-state index contributed by atoms with van der Waals surface area (Å²) in [5, 5.41) is 12.1. The van der Waals surface area contributed by atoms with E-state index in [0.717, 1.165) is 19.3 Å². The number of alkyl carbamates (subject to hydrolysis) is 1. The van der Waals surface area contributed by atoms with E-state index in [1.54, 1.807) is 20.8 Å². The minimum atomic E-state index is -0.972. The van der Waals surface area contributed by atoms with Crippen molar-refractivity contribution in [1.82, 2.24) is 10.2 Å². The normalized spacial score (nSPS) is 30.2. The molecule has 2 heterocycles. The average Bonchev–Trinajstić information content (AvgIpc) is 2.89. The van der Waals surface area contributed by atoms with E-state index in [1.165, 1.54) is 4.90 Å². The molecule has 2 saturated heterocycles. The summed E-state index contributed by atoms with van der Waals surface area (Å²) in [6, 6.07) is -1.58. The van der Waals surface area contributed by atoms with Gasteiger partial charge < -0.3 is 20.1 Å². The highest BCUT2D eigenvalue weighted by atomic mass is 16.6. The third kappa shape index (κ3) is 4.86. The zero-order valence-electron chi connectivity index (χ0n) is 15.6. The van der Waals surface area contributed by atoms with Crippen molar-refractivity contribution in [3.63, 3.8) is 0 Å². The van der Waals surface area contributed by atoms with Gasteiger partial charge in [-0.15, -0.1) is 0 Å². The van der Waals surface area contributed by atoms with E-state index in [4.69, 9.17) is 4.74 Å². The van der Waals surface area contributed by atoms with Gasteiger partial charge in [0.25, 0.3) is 0 Å². The number of fused-ring (bicyclic) bond motifs is 1. The summed E-state index contributed by atoms with van der Waals surface area (Å²) >= 11 is 0. The average molecular weight is 354 g/mol. The molecule has 2 fully saturated rings. The fourth-order valence-corrected chi connectivity index (χ4v) is 3.85. The number of hydrogen-bond acceptors (Lipinski definition) is 4. The number of rotatable bonds is 3. The molecule has 0 aromatic rings. The maximum atomic E-state index is 13.0. The van der Waals surface area contributed by atoms with Crippen LogP contribution in [0.4, 0.5) is 4.79 Å². The topological polar surface area (TPSA) is 95.9 Å². The molecule has 0 spiro atoms. The predicted octanol–water partition coefficient (Wildman–Crippen LogP) is 2.53. The Hall–Kier alpha value is -1.79. The second-order valence-electron chi connectivity index (χ2n) is 8.12. The standard InChI is InChI=1S/C18H30N2O5/c1-5-11-6-8-13(19-17(24)25-18(2,3)4)15(21)20-12(10-11)7-9-14(20)16(22)23/h11-14H,5-10H2,1-4H3,(H,19,24)(H,22,23)/t11-,12+,13-,14-/m0/s1. The molecule has 2 aliphatic heterocycles. The third-order valence-corrected chi connectivity index (χ3v) is 5.08. The lowest BCUT2D eigenvalue weighted by Crippen LogP contribution is -2.56. The number of ether oxygens (including phenoxy) is 1. The van der Waals surface area contributed by atoms with E-state index in [-0.39, 0.29) is 11.9 Å². The van der Waals surface area contributed by atoms with Crippen molar-refractivity contribution in [3.05, 3.63) is 0 Å². The predicted molar refractivity (Wildman–Crippen MR) is 92.1 cm³/mol. The van der Waals surface area contributed by atoms with Crippen LogP contribution >= 0.6 is 0 Å². The molecule has 2 amide bonds. The molecule has 0 saturated carbocycles. The molecular formula is C18H30N2O5. The smallest absolute Gasteiger partial charge is 0.408 e. The Labute approximate surface area is 149 Å². The highest BCUT2D eigenvalue weighted by Crippen LogP contribution is 2.34. The van der Waals surface area contributed by atoms with E-state index in [9.17, 15) is 19.5 Å². The number of amides is 2. The van der Waals surface area contributed by atoms with Gasteiger partial charge in [0, 0.05) is 6.04 Å². The Kier molecular flexibility index (Phi) is 5.95. The van der Waals surface area contributed by atoms with E-state index in [2.05, 4.69) is 12.2 Å². The van der Waals surface area contributed by atoms with Gasteiger partial charge in [0.05, 0.1) is 0 Å². The highest BCUT2D eigenvalue weighted by Gasteiger charge is 2.45. The summed E-state index contributed by atoms with van der Waals surface area (Å²) in [5.74, 6) is -0.841. The molecule has 2 N–H and O–H groups in total. The molecular weight excluding hydrogens is 324 g/mol. The van der Waals surface area contributed by atoms with Gasteiger partial charge in [0.1, 0.15) is 17.7 Å². The van der Waals surface area contributed by atoms with Crippen LogP contribution in [-0.4, -0.2) is 51.7 Å². The lowest BCUT2D eigenvalue weighted by atomic mass is 9.88. The first-order valence-electron chi connectivity index (χ1n) is 9.17. The summed E-state index contributed by atoms with van der Waals surface area (Å²) in [4.78, 5) is 38.2. The van der Waals surface area contributed by atoms with Crippen molar-refractivity contribution >= 4 is 18.0 Å². The second kappa shape index (κ2) is 7.62. The van der Waals surface area contributed by atoms with Crippen LogP contribution in [0.5, 0.6) is 0 Å². The summed E-state index contributed by atoms with van der Waals surface area (Å²) in [6.45, 7) is 7.39. The molecule has 0 aromatic heterocycles. The molecule has 0 bridgehead atoms. The van der Waals surface area contributed by atoms with E-state index < -0.39 is 29.7 Å². The Balaban J connectivity index is 2.19. The second-order valence-corrected chi connectivity index (χ2v) is 8.12. The fourth-order valence-electron chi connectivity index (χ4n) is 3.85. The number of carbonyl (C=O) groups excluding carboxylic acids is 2. The van der Waals surface area contributed by atoms with Crippen molar-refractivity contribution in [3.8, 4) is 0 Å². The van der Waals surface area contributed by atoms with Crippen LogP contribution in [0.2, 0.25) is 0 Å². The molecule has 0 aromatic carbocycles. The van der Waals surface area contributed by atoms with Crippen LogP contribution in [0, 0.1) is 5.92 Å². The van der Waals surface area contributed by atoms with Gasteiger partial charge in [-0.3, -0.25) is 4.79 Å². The number of carbonyl (C=O) groups is 3. The van der Waals surface area contributed by atoms with Gasteiger partial charge >= 0.3 is 12.1 Å². The van der Waals surface area contributed by atoms with Crippen LogP contribution in [0.25, 0.3) is 0 Å². The zero-order chi connectivity index (χ0) is 18.8. The van der Waals surface area contributed by atoms with Gasteiger partial charge in [0.2, 0.25) is 5.91 Å². The molecule has 2 rings (SSSR count). The van der Waals surface area contributed by atoms with Gasteiger partial charge in [-0.25, -0.2) is 9.59 Å².